The molecule has 4 aromatic rings. The highest BCUT2D eigenvalue weighted by Gasteiger charge is 2.28. The highest BCUT2D eigenvalue weighted by Crippen LogP contribution is 2.26. The van der Waals surface area contributed by atoms with E-state index >= 15 is 0 Å². The monoisotopic (exact) mass is 482 g/mol. The molecule has 0 atom stereocenters. The van der Waals surface area contributed by atoms with Crippen molar-refractivity contribution in [3.05, 3.63) is 77.2 Å². The van der Waals surface area contributed by atoms with Gasteiger partial charge in [0.25, 0.3) is 15.9 Å². The van der Waals surface area contributed by atoms with E-state index in [1.165, 1.54) is 29.3 Å². The average Bonchev–Trinajstić information content (AvgIpc) is 3.44. The van der Waals surface area contributed by atoms with Gasteiger partial charge in [-0.15, -0.1) is 11.3 Å². The van der Waals surface area contributed by atoms with Gasteiger partial charge in [-0.3, -0.25) is 18.8 Å². The van der Waals surface area contributed by atoms with Crippen LogP contribution in [0.25, 0.3) is 10.6 Å². The summed E-state index contributed by atoms with van der Waals surface area (Å²) in [7, 11) is -0.876. The minimum Gasteiger partial charge on any atom is -0.346 e. The molecule has 0 aliphatic carbocycles. The maximum Gasteiger partial charge on any atom is 0.265 e. The van der Waals surface area contributed by atoms with Gasteiger partial charge in [0.15, 0.2) is 5.82 Å². The van der Waals surface area contributed by atoms with Gasteiger partial charge >= 0.3 is 0 Å². The van der Waals surface area contributed by atoms with Crippen LogP contribution in [-0.4, -0.2) is 41.1 Å². The van der Waals surface area contributed by atoms with Crippen molar-refractivity contribution in [1.29, 1.82) is 0 Å². The molecule has 0 bridgehead atoms. The van der Waals surface area contributed by atoms with E-state index in [9.17, 15) is 13.2 Å². The summed E-state index contributed by atoms with van der Waals surface area (Å²) in [6.07, 6.45) is 4.75. The third-order valence-electron chi connectivity index (χ3n) is 5.04. The Bertz CT molecular complexity index is 1380. The van der Waals surface area contributed by atoms with Gasteiger partial charge in [0.1, 0.15) is 10.6 Å². The second-order valence-corrected chi connectivity index (χ2v) is 10.2. The molecule has 1 aromatic carbocycles. The van der Waals surface area contributed by atoms with Gasteiger partial charge in [-0.25, -0.2) is 13.4 Å². The van der Waals surface area contributed by atoms with Crippen molar-refractivity contribution in [2.24, 2.45) is 7.05 Å². The molecule has 11 heteroatoms. The number of hydrogen-bond donors (Lipinski definition) is 1. The second kappa shape index (κ2) is 9.12. The van der Waals surface area contributed by atoms with Crippen LogP contribution < -0.4 is 9.62 Å². The van der Waals surface area contributed by atoms with Crippen LogP contribution in [0.5, 0.6) is 0 Å². The minimum absolute atomic E-state index is 0.134. The zero-order valence-electron chi connectivity index (χ0n) is 18.3. The first kappa shape index (κ1) is 22.6. The van der Waals surface area contributed by atoms with Gasteiger partial charge in [0.05, 0.1) is 23.3 Å². The quantitative estimate of drug-likeness (QED) is 0.434. The van der Waals surface area contributed by atoms with Crippen molar-refractivity contribution in [3.63, 3.8) is 0 Å². The molecule has 9 nitrogen and oxygen atoms in total. The standard InChI is InChI=1S/C22H22N6O3S2/c1-15-4-6-18(7-5-15)33(30,31)28(3)22-19(13-25-27(22)2)20(29)24-12-17-14-32-21(26-17)16-8-10-23-11-9-16/h4-11,13-14H,12H2,1-3H3,(H,24,29). The van der Waals surface area contributed by atoms with Gasteiger partial charge in [0.2, 0.25) is 0 Å². The Morgan fingerprint density at radius 3 is 2.55 bits per heavy atom. The number of aryl methyl sites for hydroxylation is 2. The van der Waals surface area contributed by atoms with Gasteiger partial charge < -0.3 is 5.32 Å². The summed E-state index contributed by atoms with van der Waals surface area (Å²) >= 11 is 1.47. The van der Waals surface area contributed by atoms with Crippen LogP contribution in [0.3, 0.4) is 0 Å². The molecule has 170 valence electrons. The minimum atomic E-state index is -3.87. The molecule has 0 radical (unpaired) electrons. The van der Waals surface area contributed by atoms with Crippen molar-refractivity contribution in [1.82, 2.24) is 25.1 Å². The fourth-order valence-electron chi connectivity index (χ4n) is 3.23. The molecule has 0 saturated heterocycles. The largest absolute Gasteiger partial charge is 0.346 e. The maximum atomic E-state index is 13.1. The number of aromatic nitrogens is 4. The van der Waals surface area contributed by atoms with Crippen molar-refractivity contribution in [3.8, 4) is 10.6 Å². The number of carbonyl (C=O) groups is 1. The Hall–Kier alpha value is -3.57. The van der Waals surface area contributed by atoms with E-state index in [-0.39, 0.29) is 22.8 Å². The second-order valence-electron chi connectivity index (χ2n) is 7.35. The molecule has 0 spiro atoms. The van der Waals surface area contributed by atoms with E-state index < -0.39 is 15.9 Å². The number of rotatable bonds is 7. The molecule has 3 aromatic heterocycles. The van der Waals surface area contributed by atoms with E-state index in [1.54, 1.807) is 43.7 Å². The molecule has 0 aliphatic rings. The molecular weight excluding hydrogens is 460 g/mol. The number of thiazole rings is 1. The lowest BCUT2D eigenvalue weighted by Gasteiger charge is -2.21. The van der Waals surface area contributed by atoms with Gasteiger partial charge in [-0.05, 0) is 31.2 Å². The third kappa shape index (κ3) is 4.64. The molecule has 0 aliphatic heterocycles. The number of benzene rings is 1. The fourth-order valence-corrected chi connectivity index (χ4v) is 5.29. The summed E-state index contributed by atoms with van der Waals surface area (Å²) in [6, 6.07) is 10.3. The van der Waals surface area contributed by atoms with E-state index in [1.807, 2.05) is 24.4 Å². The lowest BCUT2D eigenvalue weighted by atomic mass is 10.2. The smallest absolute Gasteiger partial charge is 0.265 e. The summed E-state index contributed by atoms with van der Waals surface area (Å²) in [4.78, 5) is 21.6. The Kier molecular flexibility index (Phi) is 6.25. The number of anilines is 1. The summed E-state index contributed by atoms with van der Waals surface area (Å²) in [5.41, 5.74) is 2.75. The molecule has 4 rings (SSSR count). The number of nitrogens with zero attached hydrogens (tertiary/aromatic N) is 5. The zero-order chi connectivity index (χ0) is 23.6. The molecule has 0 fully saturated rings. The Morgan fingerprint density at radius 2 is 1.85 bits per heavy atom. The van der Waals surface area contributed by atoms with Gasteiger partial charge in [-0.2, -0.15) is 5.10 Å². The Balaban J connectivity index is 1.52. The molecule has 3 heterocycles. The fraction of sp³-hybridized carbons (Fsp3) is 0.182. The van der Waals surface area contributed by atoms with Crippen LogP contribution in [0.2, 0.25) is 0 Å². The van der Waals surface area contributed by atoms with Gasteiger partial charge in [0, 0.05) is 37.4 Å². The number of hydrogen-bond acceptors (Lipinski definition) is 7. The highest BCUT2D eigenvalue weighted by molar-refractivity contribution is 7.92. The van der Waals surface area contributed by atoms with Crippen LogP contribution in [0.4, 0.5) is 5.82 Å². The van der Waals surface area contributed by atoms with Crippen molar-refractivity contribution in [2.45, 2.75) is 18.4 Å². The number of nitrogens with one attached hydrogen (secondary N) is 1. The van der Waals surface area contributed by atoms with E-state index in [0.717, 1.165) is 20.4 Å². The Labute approximate surface area is 195 Å². The summed E-state index contributed by atoms with van der Waals surface area (Å²) in [5, 5.41) is 9.61. The number of pyridine rings is 1. The molecule has 0 unspecified atom stereocenters. The van der Waals surface area contributed by atoms with E-state index in [2.05, 4.69) is 20.4 Å². The maximum absolute atomic E-state index is 13.1. The van der Waals surface area contributed by atoms with Crippen molar-refractivity contribution < 1.29 is 13.2 Å². The van der Waals surface area contributed by atoms with Crippen LogP contribution in [0, 0.1) is 6.92 Å². The summed E-state index contributed by atoms with van der Waals surface area (Å²) in [5.74, 6) is -0.272. The SMILES string of the molecule is Cc1ccc(S(=O)(=O)N(C)c2c(C(=O)NCc3csc(-c4ccncc4)n3)cnn2C)cc1. The number of sulfonamides is 1. The molecular formula is C22H22N6O3S2. The van der Waals surface area contributed by atoms with E-state index in [0.29, 0.717) is 5.69 Å². The van der Waals surface area contributed by atoms with E-state index in [4.69, 9.17) is 0 Å². The first-order chi connectivity index (χ1) is 15.8. The molecule has 1 amide bonds. The predicted octanol–water partition coefficient (Wildman–Crippen LogP) is 3.00. The molecule has 1 N–H and O–H groups in total. The number of amides is 1. The van der Waals surface area contributed by atoms with Crippen molar-refractivity contribution in [2.75, 3.05) is 11.4 Å². The first-order valence-corrected chi connectivity index (χ1v) is 12.3. The lowest BCUT2D eigenvalue weighted by Crippen LogP contribution is -2.31. The predicted molar refractivity (Wildman–Crippen MR) is 126 cm³/mol. The average molecular weight is 483 g/mol. The first-order valence-electron chi connectivity index (χ1n) is 9.98. The zero-order valence-corrected chi connectivity index (χ0v) is 19.9. The van der Waals surface area contributed by atoms with Gasteiger partial charge in [-0.1, -0.05) is 17.7 Å². The summed E-state index contributed by atoms with van der Waals surface area (Å²) in [6.45, 7) is 2.08. The Morgan fingerprint density at radius 1 is 1.15 bits per heavy atom. The van der Waals surface area contributed by atoms with Crippen LogP contribution >= 0.6 is 11.3 Å². The lowest BCUT2D eigenvalue weighted by molar-refractivity contribution is 0.0951. The topological polar surface area (TPSA) is 110 Å². The van der Waals surface area contributed by atoms with Crippen LogP contribution in [0.1, 0.15) is 21.6 Å². The van der Waals surface area contributed by atoms with Crippen molar-refractivity contribution >= 4 is 33.1 Å². The van der Waals surface area contributed by atoms with Crippen LogP contribution in [-0.2, 0) is 23.6 Å². The molecule has 0 saturated carbocycles. The third-order valence-corrected chi connectivity index (χ3v) is 7.74. The summed E-state index contributed by atoms with van der Waals surface area (Å²) < 4.78 is 28.7. The normalized spacial score (nSPS) is 11.4. The highest BCUT2D eigenvalue weighted by atomic mass is 32.2. The number of carbonyl (C=O) groups excluding carboxylic acids is 1. The van der Waals surface area contributed by atoms with Crippen LogP contribution in [0.15, 0.2) is 65.3 Å². The molecule has 33 heavy (non-hydrogen) atoms.